The highest BCUT2D eigenvalue weighted by atomic mass is 16.2. The zero-order chi connectivity index (χ0) is 20.1. The maximum absolute atomic E-state index is 12.7. The monoisotopic (exact) mass is 372 g/mol. The molecule has 3 aromatic rings. The molecule has 0 bridgehead atoms. The first-order valence-electron chi connectivity index (χ1n) is 8.66. The molecular formula is C22H20N4O2. The van der Waals surface area contributed by atoms with Gasteiger partial charge in [0.25, 0.3) is 5.91 Å². The number of amides is 2. The van der Waals surface area contributed by atoms with E-state index in [1.54, 1.807) is 48.5 Å². The molecule has 0 atom stereocenters. The summed E-state index contributed by atoms with van der Waals surface area (Å²) >= 11 is 0. The van der Waals surface area contributed by atoms with Crippen LogP contribution in [0.3, 0.4) is 0 Å². The zero-order valence-corrected chi connectivity index (χ0v) is 15.1. The van der Waals surface area contributed by atoms with Gasteiger partial charge in [-0.25, -0.2) is 0 Å². The molecule has 0 unspecified atom stereocenters. The number of hydrogen-bond acceptors (Lipinski definition) is 3. The van der Waals surface area contributed by atoms with E-state index in [2.05, 4.69) is 5.32 Å². The fourth-order valence-corrected chi connectivity index (χ4v) is 2.83. The summed E-state index contributed by atoms with van der Waals surface area (Å²) in [6.45, 7) is 0.353. The third-order valence-corrected chi connectivity index (χ3v) is 4.37. The number of amidine groups is 1. The maximum atomic E-state index is 12.7. The minimum Gasteiger partial charge on any atom is -0.384 e. The molecule has 6 N–H and O–H groups in total. The van der Waals surface area contributed by atoms with Crippen LogP contribution >= 0.6 is 0 Å². The molecule has 3 rings (SSSR count). The normalized spacial score (nSPS) is 10.3. The van der Waals surface area contributed by atoms with E-state index < -0.39 is 5.91 Å². The van der Waals surface area contributed by atoms with Gasteiger partial charge < -0.3 is 16.8 Å². The SMILES string of the molecule is N=C(N)c1ccc(CNC(=O)c2ccccc2-c2ccc(C(N)=O)cc2)cc1. The number of primary amides is 1. The summed E-state index contributed by atoms with van der Waals surface area (Å²) in [5.74, 6) is -0.689. The summed E-state index contributed by atoms with van der Waals surface area (Å²) in [6, 6.07) is 21.2. The largest absolute Gasteiger partial charge is 0.384 e. The number of carbonyl (C=O) groups excluding carboxylic acids is 2. The van der Waals surface area contributed by atoms with E-state index in [0.717, 1.165) is 16.7 Å². The lowest BCUT2D eigenvalue weighted by molar-refractivity contribution is 0.0950. The standard InChI is InChI=1S/C22H20N4O2/c23-20(24)16-7-5-14(6-8-16)13-26-22(28)19-4-2-1-3-18(19)15-9-11-17(12-10-15)21(25)27/h1-12H,13H2,(H3,23,24)(H2,25,27)(H,26,28). The molecular weight excluding hydrogens is 352 g/mol. The fourth-order valence-electron chi connectivity index (χ4n) is 2.83. The molecule has 140 valence electrons. The average molecular weight is 372 g/mol. The van der Waals surface area contributed by atoms with E-state index in [1.807, 2.05) is 24.3 Å². The van der Waals surface area contributed by atoms with Crippen molar-refractivity contribution in [3.05, 3.63) is 95.1 Å². The molecule has 0 aliphatic carbocycles. The Hall–Kier alpha value is -3.93. The van der Waals surface area contributed by atoms with Crippen LogP contribution in [0.5, 0.6) is 0 Å². The van der Waals surface area contributed by atoms with Crippen molar-refractivity contribution in [2.24, 2.45) is 11.5 Å². The van der Waals surface area contributed by atoms with Gasteiger partial charge in [-0.3, -0.25) is 15.0 Å². The quantitative estimate of drug-likeness (QED) is 0.393. The minimum atomic E-state index is -0.492. The van der Waals surface area contributed by atoms with Crippen molar-refractivity contribution in [3.63, 3.8) is 0 Å². The molecule has 0 saturated heterocycles. The Labute approximate surface area is 162 Å². The highest BCUT2D eigenvalue weighted by molar-refractivity contribution is 6.01. The molecule has 0 aliphatic rings. The van der Waals surface area contributed by atoms with Crippen LogP contribution in [0, 0.1) is 5.41 Å². The molecule has 0 heterocycles. The van der Waals surface area contributed by atoms with Crippen LogP contribution in [0.4, 0.5) is 0 Å². The van der Waals surface area contributed by atoms with Crippen molar-refractivity contribution < 1.29 is 9.59 Å². The molecule has 0 aliphatic heterocycles. The summed E-state index contributed by atoms with van der Waals surface area (Å²) in [5, 5.41) is 10.3. The van der Waals surface area contributed by atoms with Crippen LogP contribution in [0.15, 0.2) is 72.8 Å². The summed E-state index contributed by atoms with van der Waals surface area (Å²) in [5.41, 5.74) is 14.8. The fraction of sp³-hybridized carbons (Fsp3) is 0.0455. The van der Waals surface area contributed by atoms with Gasteiger partial charge in [0.05, 0.1) is 0 Å². The lowest BCUT2D eigenvalue weighted by atomic mass is 9.98. The molecule has 0 spiro atoms. The number of rotatable bonds is 6. The van der Waals surface area contributed by atoms with Gasteiger partial charge in [0.15, 0.2) is 0 Å². The first kappa shape index (κ1) is 18.8. The first-order chi connectivity index (χ1) is 13.5. The molecule has 6 nitrogen and oxygen atoms in total. The van der Waals surface area contributed by atoms with Gasteiger partial charge in [-0.2, -0.15) is 0 Å². The number of nitrogens with two attached hydrogens (primary N) is 2. The topological polar surface area (TPSA) is 122 Å². The van der Waals surface area contributed by atoms with Crippen LogP contribution in [-0.4, -0.2) is 17.6 Å². The van der Waals surface area contributed by atoms with Crippen molar-refractivity contribution in [1.29, 1.82) is 5.41 Å². The number of nitrogen functional groups attached to an aromatic ring is 1. The van der Waals surface area contributed by atoms with Gasteiger partial charge in [-0.15, -0.1) is 0 Å². The number of hydrogen-bond donors (Lipinski definition) is 4. The van der Waals surface area contributed by atoms with E-state index in [-0.39, 0.29) is 11.7 Å². The van der Waals surface area contributed by atoms with Crippen molar-refractivity contribution in [2.75, 3.05) is 0 Å². The first-order valence-corrected chi connectivity index (χ1v) is 8.66. The Morgan fingerprint density at radius 3 is 2.04 bits per heavy atom. The van der Waals surface area contributed by atoms with E-state index in [4.69, 9.17) is 16.9 Å². The predicted octanol–water partition coefficient (Wildman–Crippen LogP) is 2.67. The summed E-state index contributed by atoms with van der Waals surface area (Å²) in [6.07, 6.45) is 0. The Kier molecular flexibility index (Phi) is 5.50. The molecule has 2 amide bonds. The Morgan fingerprint density at radius 2 is 1.43 bits per heavy atom. The molecule has 0 radical (unpaired) electrons. The highest BCUT2D eigenvalue weighted by Crippen LogP contribution is 2.24. The number of benzene rings is 3. The molecule has 0 fully saturated rings. The highest BCUT2D eigenvalue weighted by Gasteiger charge is 2.12. The number of carbonyl (C=O) groups is 2. The predicted molar refractivity (Wildman–Crippen MR) is 109 cm³/mol. The van der Waals surface area contributed by atoms with E-state index >= 15 is 0 Å². The second-order valence-corrected chi connectivity index (χ2v) is 6.28. The molecule has 0 saturated carbocycles. The molecule has 0 aromatic heterocycles. The van der Waals surface area contributed by atoms with Crippen LogP contribution in [0.1, 0.15) is 31.8 Å². The zero-order valence-electron chi connectivity index (χ0n) is 15.1. The van der Waals surface area contributed by atoms with Gasteiger partial charge in [-0.05, 0) is 34.9 Å². The van der Waals surface area contributed by atoms with Gasteiger partial charge >= 0.3 is 0 Å². The second-order valence-electron chi connectivity index (χ2n) is 6.28. The van der Waals surface area contributed by atoms with Crippen molar-refractivity contribution >= 4 is 17.6 Å². The van der Waals surface area contributed by atoms with Gasteiger partial charge in [-0.1, -0.05) is 54.6 Å². The minimum absolute atomic E-state index is 0.00636. The van der Waals surface area contributed by atoms with Crippen molar-refractivity contribution in [1.82, 2.24) is 5.32 Å². The maximum Gasteiger partial charge on any atom is 0.252 e. The smallest absolute Gasteiger partial charge is 0.252 e. The molecule has 28 heavy (non-hydrogen) atoms. The summed E-state index contributed by atoms with van der Waals surface area (Å²) in [7, 11) is 0. The molecule has 6 heteroatoms. The summed E-state index contributed by atoms with van der Waals surface area (Å²) < 4.78 is 0. The lowest BCUT2D eigenvalue weighted by Crippen LogP contribution is -2.23. The third kappa shape index (κ3) is 4.24. The lowest BCUT2D eigenvalue weighted by Gasteiger charge is -2.11. The van der Waals surface area contributed by atoms with E-state index in [1.165, 1.54) is 0 Å². The second kappa shape index (κ2) is 8.18. The van der Waals surface area contributed by atoms with Gasteiger partial charge in [0, 0.05) is 23.2 Å². The average Bonchev–Trinajstić information content (AvgIpc) is 2.72. The van der Waals surface area contributed by atoms with Gasteiger partial charge in [0.2, 0.25) is 5.91 Å². The number of nitrogens with one attached hydrogen (secondary N) is 2. The van der Waals surface area contributed by atoms with Crippen molar-refractivity contribution in [3.8, 4) is 11.1 Å². The van der Waals surface area contributed by atoms with Crippen LogP contribution in [0.2, 0.25) is 0 Å². The van der Waals surface area contributed by atoms with Crippen LogP contribution < -0.4 is 16.8 Å². The molecule has 3 aromatic carbocycles. The van der Waals surface area contributed by atoms with Crippen LogP contribution in [0.25, 0.3) is 11.1 Å². The van der Waals surface area contributed by atoms with Crippen LogP contribution in [-0.2, 0) is 6.54 Å². The Bertz CT molecular complexity index is 1030. The third-order valence-electron chi connectivity index (χ3n) is 4.37. The van der Waals surface area contributed by atoms with E-state index in [0.29, 0.717) is 23.2 Å². The Morgan fingerprint density at radius 1 is 0.821 bits per heavy atom. The van der Waals surface area contributed by atoms with E-state index in [9.17, 15) is 9.59 Å². The van der Waals surface area contributed by atoms with Crippen molar-refractivity contribution in [2.45, 2.75) is 6.54 Å². The van der Waals surface area contributed by atoms with Gasteiger partial charge in [0.1, 0.15) is 5.84 Å². The Balaban J connectivity index is 1.77. The summed E-state index contributed by atoms with van der Waals surface area (Å²) in [4.78, 5) is 24.0.